The topological polar surface area (TPSA) is 59.3 Å². The first-order valence-corrected chi connectivity index (χ1v) is 7.70. The van der Waals surface area contributed by atoms with Crippen LogP contribution in [0.1, 0.15) is 29.5 Å². The van der Waals surface area contributed by atoms with Gasteiger partial charge < -0.3 is 21.1 Å². The van der Waals surface area contributed by atoms with Crippen molar-refractivity contribution in [3.63, 3.8) is 0 Å². The molecule has 4 heteroatoms. The third-order valence-electron chi connectivity index (χ3n) is 4.18. The van der Waals surface area contributed by atoms with E-state index in [0.29, 0.717) is 0 Å². The van der Waals surface area contributed by atoms with Crippen LogP contribution < -0.4 is 16.4 Å². The Labute approximate surface area is 127 Å². The van der Waals surface area contributed by atoms with Crippen LogP contribution in [0.15, 0.2) is 30.6 Å². The van der Waals surface area contributed by atoms with Crippen molar-refractivity contribution in [2.45, 2.75) is 31.8 Å². The van der Waals surface area contributed by atoms with Gasteiger partial charge in [-0.25, -0.2) is 0 Å². The third-order valence-corrected chi connectivity index (χ3v) is 4.18. The quantitative estimate of drug-likeness (QED) is 0.737. The van der Waals surface area contributed by atoms with Crippen molar-refractivity contribution in [1.82, 2.24) is 10.6 Å². The molecule has 2 heterocycles. The molecule has 0 unspecified atom stereocenters. The smallest absolute Gasteiger partial charge is 0.0958 e. The van der Waals surface area contributed by atoms with Crippen molar-refractivity contribution in [3.8, 4) is 0 Å². The molecule has 1 aromatic carbocycles. The predicted octanol–water partition coefficient (Wildman–Crippen LogP) is 1.78. The Morgan fingerprint density at radius 2 is 2.10 bits per heavy atom. The fourth-order valence-corrected chi connectivity index (χ4v) is 3.11. The van der Waals surface area contributed by atoms with Crippen LogP contribution in [0.25, 0.3) is 0 Å². The maximum Gasteiger partial charge on any atom is 0.0958 e. The lowest BCUT2D eigenvalue weighted by atomic mass is 9.79. The molecule has 0 aliphatic carbocycles. The molecule has 1 fully saturated rings. The van der Waals surface area contributed by atoms with E-state index < -0.39 is 0 Å². The monoisotopic (exact) mass is 289 g/mol. The van der Waals surface area contributed by atoms with Gasteiger partial charge in [0.2, 0.25) is 0 Å². The second-order valence-electron chi connectivity index (χ2n) is 5.65. The standard InChI is InChI=1S/C14H19NO.C3H8N2/c1-11-2-3-12-4-9-16-14(13(12)10-11)5-7-15-8-6-14;1-5-3-2-4/h2-3,10,15H,4-9H2,1H3;2-3,5H,4H2,1H3/b;3-2-. The molecule has 4 N–H and O–H groups in total. The van der Waals surface area contributed by atoms with Crippen molar-refractivity contribution in [2.75, 3.05) is 26.7 Å². The van der Waals surface area contributed by atoms with Crippen LogP contribution in [-0.2, 0) is 16.8 Å². The van der Waals surface area contributed by atoms with Crippen LogP contribution in [-0.4, -0.2) is 26.7 Å². The number of hydrogen-bond acceptors (Lipinski definition) is 4. The first-order chi connectivity index (χ1) is 10.2. The fraction of sp³-hybridized carbons (Fsp3) is 0.529. The lowest BCUT2D eigenvalue weighted by Crippen LogP contribution is -2.44. The minimum atomic E-state index is 0.0187. The molecule has 0 saturated carbocycles. The van der Waals surface area contributed by atoms with E-state index in [1.165, 1.54) is 22.9 Å². The van der Waals surface area contributed by atoms with E-state index in [-0.39, 0.29) is 5.60 Å². The number of benzene rings is 1. The molecule has 0 amide bonds. The zero-order valence-electron chi connectivity index (χ0n) is 13.1. The second kappa shape index (κ2) is 7.48. The summed E-state index contributed by atoms with van der Waals surface area (Å²) in [6.45, 7) is 5.21. The molecule has 0 aromatic heterocycles. The van der Waals surface area contributed by atoms with Gasteiger partial charge in [0.1, 0.15) is 0 Å². The molecule has 4 nitrogen and oxygen atoms in total. The average molecular weight is 289 g/mol. The molecule has 116 valence electrons. The number of nitrogens with two attached hydrogens (primary N) is 1. The Morgan fingerprint density at radius 1 is 1.33 bits per heavy atom. The average Bonchev–Trinajstić information content (AvgIpc) is 2.51. The summed E-state index contributed by atoms with van der Waals surface area (Å²) in [6, 6.07) is 6.84. The van der Waals surface area contributed by atoms with Crippen LogP contribution >= 0.6 is 0 Å². The van der Waals surface area contributed by atoms with Gasteiger partial charge in [0.25, 0.3) is 0 Å². The first-order valence-electron chi connectivity index (χ1n) is 7.70. The summed E-state index contributed by atoms with van der Waals surface area (Å²) in [5.41, 5.74) is 9.22. The normalized spacial score (nSPS) is 19.7. The molecule has 0 radical (unpaired) electrons. The van der Waals surface area contributed by atoms with Crippen LogP contribution in [0.2, 0.25) is 0 Å². The van der Waals surface area contributed by atoms with Crippen molar-refractivity contribution < 1.29 is 4.74 Å². The minimum absolute atomic E-state index is 0.0187. The Bertz CT molecular complexity index is 479. The summed E-state index contributed by atoms with van der Waals surface area (Å²) in [6.07, 6.45) is 6.40. The maximum absolute atomic E-state index is 6.15. The number of fused-ring (bicyclic) bond motifs is 2. The Morgan fingerprint density at radius 3 is 2.71 bits per heavy atom. The van der Waals surface area contributed by atoms with Gasteiger partial charge in [-0.15, -0.1) is 0 Å². The molecular formula is C17H27N3O. The number of aryl methyl sites for hydroxylation is 1. The molecule has 21 heavy (non-hydrogen) atoms. The van der Waals surface area contributed by atoms with Crippen molar-refractivity contribution >= 4 is 0 Å². The van der Waals surface area contributed by atoms with E-state index >= 15 is 0 Å². The highest BCUT2D eigenvalue weighted by Gasteiger charge is 2.38. The Kier molecular flexibility index (Phi) is 5.65. The van der Waals surface area contributed by atoms with Gasteiger partial charge in [-0.3, -0.25) is 0 Å². The van der Waals surface area contributed by atoms with Crippen LogP contribution in [0, 0.1) is 6.92 Å². The lowest BCUT2D eigenvalue weighted by Gasteiger charge is -2.42. The van der Waals surface area contributed by atoms with Crippen LogP contribution in [0.5, 0.6) is 0 Å². The number of nitrogens with one attached hydrogen (secondary N) is 2. The number of piperidine rings is 1. The Hall–Kier alpha value is -1.52. The van der Waals surface area contributed by atoms with E-state index in [2.05, 4.69) is 35.8 Å². The number of ether oxygens (including phenoxy) is 1. The summed E-state index contributed by atoms with van der Waals surface area (Å²) in [7, 11) is 1.80. The molecule has 1 spiro atoms. The molecular weight excluding hydrogens is 262 g/mol. The minimum Gasteiger partial charge on any atom is -0.403 e. The summed E-state index contributed by atoms with van der Waals surface area (Å²) < 4.78 is 6.15. The van der Waals surface area contributed by atoms with Gasteiger partial charge in [-0.1, -0.05) is 23.8 Å². The summed E-state index contributed by atoms with van der Waals surface area (Å²) in [5, 5.41) is 6.13. The van der Waals surface area contributed by atoms with Crippen molar-refractivity contribution in [2.24, 2.45) is 5.73 Å². The highest BCUT2D eigenvalue weighted by molar-refractivity contribution is 5.38. The molecule has 1 saturated heterocycles. The van der Waals surface area contributed by atoms with Gasteiger partial charge in [-0.05, 0) is 50.4 Å². The molecule has 0 bridgehead atoms. The summed E-state index contributed by atoms with van der Waals surface area (Å²) >= 11 is 0. The summed E-state index contributed by atoms with van der Waals surface area (Å²) in [4.78, 5) is 0. The maximum atomic E-state index is 6.15. The second-order valence-corrected chi connectivity index (χ2v) is 5.65. The Balaban J connectivity index is 0.000000282. The van der Waals surface area contributed by atoms with E-state index in [4.69, 9.17) is 10.5 Å². The first kappa shape index (κ1) is 15.9. The molecule has 1 aromatic rings. The SMILES string of the molecule is CN/C=C\N.Cc1ccc2c(c1)C1(CCNCC1)OCC2. The van der Waals surface area contributed by atoms with Gasteiger partial charge in [0.05, 0.1) is 12.2 Å². The molecule has 2 aliphatic rings. The zero-order valence-corrected chi connectivity index (χ0v) is 13.1. The third kappa shape index (κ3) is 3.77. The van der Waals surface area contributed by atoms with E-state index in [0.717, 1.165) is 39.0 Å². The highest BCUT2D eigenvalue weighted by Crippen LogP contribution is 2.40. The lowest BCUT2D eigenvalue weighted by molar-refractivity contribution is -0.0802. The van der Waals surface area contributed by atoms with Gasteiger partial charge >= 0.3 is 0 Å². The molecule has 2 aliphatic heterocycles. The van der Waals surface area contributed by atoms with Crippen LogP contribution in [0.4, 0.5) is 0 Å². The van der Waals surface area contributed by atoms with E-state index in [9.17, 15) is 0 Å². The van der Waals surface area contributed by atoms with Crippen LogP contribution in [0.3, 0.4) is 0 Å². The van der Waals surface area contributed by atoms with Gasteiger partial charge in [-0.2, -0.15) is 0 Å². The summed E-state index contributed by atoms with van der Waals surface area (Å²) in [5.74, 6) is 0. The van der Waals surface area contributed by atoms with E-state index in [1.807, 2.05) is 0 Å². The fourth-order valence-electron chi connectivity index (χ4n) is 3.11. The largest absolute Gasteiger partial charge is 0.403 e. The van der Waals surface area contributed by atoms with Gasteiger partial charge in [0.15, 0.2) is 0 Å². The number of hydrogen-bond donors (Lipinski definition) is 3. The van der Waals surface area contributed by atoms with Crippen molar-refractivity contribution in [3.05, 3.63) is 47.3 Å². The van der Waals surface area contributed by atoms with E-state index in [1.54, 1.807) is 13.2 Å². The molecule has 3 rings (SSSR count). The zero-order chi connectivity index (χ0) is 15.1. The molecule has 0 atom stereocenters. The predicted molar refractivity (Wildman–Crippen MR) is 87.0 cm³/mol. The van der Waals surface area contributed by atoms with Gasteiger partial charge in [0, 0.05) is 19.4 Å². The van der Waals surface area contributed by atoms with Crippen molar-refractivity contribution in [1.29, 1.82) is 0 Å². The highest BCUT2D eigenvalue weighted by atomic mass is 16.5. The number of rotatable bonds is 1.